The summed E-state index contributed by atoms with van der Waals surface area (Å²) >= 11 is 0. The molecule has 0 aromatic heterocycles. The van der Waals surface area contributed by atoms with Gasteiger partial charge in [-0.3, -0.25) is 4.79 Å². The molecule has 0 saturated heterocycles. The Morgan fingerprint density at radius 1 is 0.536 bits per heavy atom. The van der Waals surface area contributed by atoms with Gasteiger partial charge in [0.15, 0.2) is 0 Å². The maximum absolute atomic E-state index is 12.7. The van der Waals surface area contributed by atoms with Gasteiger partial charge in [-0.05, 0) is 12.8 Å². The molecule has 2 atom stereocenters. The van der Waals surface area contributed by atoms with Gasteiger partial charge in [0.1, 0.15) is 5.78 Å². The van der Waals surface area contributed by atoms with Crippen LogP contribution in [-0.2, 0) is 4.79 Å². The molecule has 0 aliphatic heterocycles. The van der Waals surface area contributed by atoms with Crippen LogP contribution < -0.4 is 0 Å². The van der Waals surface area contributed by atoms with Gasteiger partial charge in [-0.1, -0.05) is 117 Å². The zero-order chi connectivity index (χ0) is 20.9. The minimum atomic E-state index is -0.272. The Labute approximate surface area is 175 Å². The molecule has 0 radical (unpaired) electrons. The van der Waals surface area contributed by atoms with E-state index in [4.69, 9.17) is 0 Å². The van der Waals surface area contributed by atoms with Crippen LogP contribution in [0.3, 0.4) is 0 Å². The number of aliphatic hydroxyl groups is 2. The first-order chi connectivity index (χ1) is 13.7. The number of unbranched alkanes of at least 4 members (excludes halogenated alkanes) is 14. The lowest BCUT2D eigenvalue weighted by molar-refractivity contribution is -0.129. The number of carbonyl (C=O) groups is 1. The largest absolute Gasteiger partial charge is 0.396 e. The molecule has 3 nitrogen and oxygen atoms in total. The van der Waals surface area contributed by atoms with E-state index in [0.29, 0.717) is 0 Å². The first kappa shape index (κ1) is 27.6. The summed E-state index contributed by atoms with van der Waals surface area (Å²) in [7, 11) is 0. The fourth-order valence-corrected chi connectivity index (χ4v) is 4.03. The highest BCUT2D eigenvalue weighted by Crippen LogP contribution is 2.21. The Balaban J connectivity index is 3.88. The van der Waals surface area contributed by atoms with Crippen molar-refractivity contribution < 1.29 is 15.0 Å². The zero-order valence-corrected chi connectivity index (χ0v) is 19.1. The van der Waals surface area contributed by atoms with E-state index in [9.17, 15) is 15.0 Å². The number of carbonyl (C=O) groups excluding carboxylic acids is 1. The third-order valence-electron chi connectivity index (χ3n) is 6.06. The number of rotatable bonds is 22. The Morgan fingerprint density at radius 2 is 0.821 bits per heavy atom. The van der Waals surface area contributed by atoms with E-state index in [0.717, 1.165) is 38.5 Å². The molecule has 2 N–H and O–H groups in total. The molecule has 3 heteroatoms. The second-order valence-electron chi connectivity index (χ2n) is 8.69. The molecule has 0 aromatic carbocycles. The highest BCUT2D eigenvalue weighted by atomic mass is 16.3. The summed E-state index contributed by atoms with van der Waals surface area (Å²) in [6.45, 7) is 4.34. The average Bonchev–Trinajstić information content (AvgIpc) is 2.71. The predicted octanol–water partition coefficient (Wildman–Crippen LogP) is 6.83. The van der Waals surface area contributed by atoms with E-state index >= 15 is 0 Å². The van der Waals surface area contributed by atoms with Crippen LogP contribution in [0.25, 0.3) is 0 Å². The Kier molecular flexibility index (Phi) is 21.0. The monoisotopic (exact) mass is 398 g/mol. The summed E-state index contributed by atoms with van der Waals surface area (Å²) in [5.74, 6) is -0.450. The van der Waals surface area contributed by atoms with Crippen molar-refractivity contribution in [2.75, 3.05) is 13.2 Å². The summed E-state index contributed by atoms with van der Waals surface area (Å²) in [5, 5.41) is 19.3. The van der Waals surface area contributed by atoms with Gasteiger partial charge in [0.2, 0.25) is 0 Å². The van der Waals surface area contributed by atoms with Crippen molar-refractivity contribution in [2.45, 2.75) is 129 Å². The van der Waals surface area contributed by atoms with Crippen molar-refractivity contribution in [3.05, 3.63) is 0 Å². The molecule has 0 spiro atoms. The maximum atomic E-state index is 12.7. The lowest BCUT2D eigenvalue weighted by Gasteiger charge is -2.19. The third-order valence-corrected chi connectivity index (χ3v) is 6.06. The quantitative estimate of drug-likeness (QED) is 0.196. The van der Waals surface area contributed by atoms with Gasteiger partial charge in [0.05, 0.1) is 13.2 Å². The Morgan fingerprint density at radius 3 is 1.11 bits per heavy atom. The van der Waals surface area contributed by atoms with E-state index in [2.05, 4.69) is 13.8 Å². The predicted molar refractivity (Wildman–Crippen MR) is 121 cm³/mol. The summed E-state index contributed by atoms with van der Waals surface area (Å²) in [5.41, 5.74) is 0. The fraction of sp³-hybridized carbons (Fsp3) is 0.960. The summed E-state index contributed by atoms with van der Waals surface area (Å²) in [4.78, 5) is 12.7. The smallest absolute Gasteiger partial charge is 0.143 e. The van der Waals surface area contributed by atoms with Gasteiger partial charge in [-0.2, -0.15) is 0 Å². The minimum absolute atomic E-state index is 0.0662. The first-order valence-corrected chi connectivity index (χ1v) is 12.5. The summed E-state index contributed by atoms with van der Waals surface area (Å²) in [6, 6.07) is 0. The van der Waals surface area contributed by atoms with E-state index in [-0.39, 0.29) is 30.8 Å². The van der Waals surface area contributed by atoms with Crippen molar-refractivity contribution in [2.24, 2.45) is 11.8 Å². The molecule has 168 valence electrons. The van der Waals surface area contributed by atoms with Crippen LogP contribution in [0.1, 0.15) is 129 Å². The zero-order valence-electron chi connectivity index (χ0n) is 19.1. The van der Waals surface area contributed by atoms with Gasteiger partial charge in [0.25, 0.3) is 0 Å². The van der Waals surface area contributed by atoms with Gasteiger partial charge >= 0.3 is 0 Å². The molecule has 2 unspecified atom stereocenters. The molecule has 0 bridgehead atoms. The number of ketones is 1. The van der Waals surface area contributed by atoms with E-state index in [1.54, 1.807) is 0 Å². The molecule has 0 aliphatic carbocycles. The lowest BCUT2D eigenvalue weighted by Crippen LogP contribution is -2.28. The number of Topliss-reactive ketones (excluding diaryl/α,β-unsaturated/α-hetero) is 1. The van der Waals surface area contributed by atoms with Crippen LogP contribution in [0.4, 0.5) is 0 Å². The highest BCUT2D eigenvalue weighted by molar-refractivity contribution is 5.83. The second kappa shape index (κ2) is 21.3. The van der Waals surface area contributed by atoms with Crippen LogP contribution in [-0.4, -0.2) is 29.2 Å². The minimum Gasteiger partial charge on any atom is -0.396 e. The fourth-order valence-electron chi connectivity index (χ4n) is 4.03. The molecular weight excluding hydrogens is 348 g/mol. The van der Waals surface area contributed by atoms with Crippen molar-refractivity contribution in [3.8, 4) is 0 Å². The molecule has 28 heavy (non-hydrogen) atoms. The first-order valence-electron chi connectivity index (χ1n) is 12.5. The van der Waals surface area contributed by atoms with Crippen LogP contribution in [0.15, 0.2) is 0 Å². The van der Waals surface area contributed by atoms with Gasteiger partial charge < -0.3 is 10.2 Å². The Bertz CT molecular complexity index is 300. The molecule has 0 rings (SSSR count). The highest BCUT2D eigenvalue weighted by Gasteiger charge is 2.25. The SMILES string of the molecule is CCCCCCCCCCC(CO)C(=O)C(CO)CCCCCCCCCC. The number of hydrogen-bond acceptors (Lipinski definition) is 3. The number of aliphatic hydroxyl groups excluding tert-OH is 2. The van der Waals surface area contributed by atoms with Crippen molar-refractivity contribution in [1.82, 2.24) is 0 Å². The van der Waals surface area contributed by atoms with Crippen LogP contribution in [0.2, 0.25) is 0 Å². The van der Waals surface area contributed by atoms with Crippen LogP contribution in [0.5, 0.6) is 0 Å². The third kappa shape index (κ3) is 15.5. The number of hydrogen-bond donors (Lipinski definition) is 2. The normalized spacial score (nSPS) is 13.6. The summed E-state index contributed by atoms with van der Waals surface area (Å²) < 4.78 is 0. The van der Waals surface area contributed by atoms with E-state index in [1.807, 2.05) is 0 Å². The molecule has 0 aromatic rings. The molecule has 0 aliphatic rings. The van der Waals surface area contributed by atoms with Crippen LogP contribution >= 0.6 is 0 Å². The molecule has 0 amide bonds. The van der Waals surface area contributed by atoms with Crippen molar-refractivity contribution in [1.29, 1.82) is 0 Å². The van der Waals surface area contributed by atoms with E-state index in [1.165, 1.54) is 77.0 Å². The van der Waals surface area contributed by atoms with E-state index < -0.39 is 0 Å². The summed E-state index contributed by atoms with van der Waals surface area (Å²) in [6.07, 6.45) is 21.5. The standard InChI is InChI=1S/C25H50O3/c1-3-5-7-9-11-13-15-17-19-23(21-26)25(28)24(22-27)20-18-16-14-12-10-8-6-4-2/h23-24,26-27H,3-22H2,1-2H3. The van der Waals surface area contributed by atoms with Gasteiger partial charge in [-0.15, -0.1) is 0 Å². The molecule has 0 fully saturated rings. The van der Waals surface area contributed by atoms with Crippen molar-refractivity contribution >= 4 is 5.78 Å². The molecular formula is C25H50O3. The maximum Gasteiger partial charge on any atom is 0.143 e. The second-order valence-corrected chi connectivity index (χ2v) is 8.69. The molecule has 0 saturated carbocycles. The molecule has 0 heterocycles. The van der Waals surface area contributed by atoms with Gasteiger partial charge in [0, 0.05) is 11.8 Å². The Hall–Kier alpha value is -0.410. The lowest BCUT2D eigenvalue weighted by atomic mass is 9.86. The van der Waals surface area contributed by atoms with Crippen LogP contribution in [0, 0.1) is 11.8 Å². The topological polar surface area (TPSA) is 57.5 Å². The van der Waals surface area contributed by atoms with Crippen molar-refractivity contribution in [3.63, 3.8) is 0 Å². The van der Waals surface area contributed by atoms with Gasteiger partial charge in [-0.25, -0.2) is 0 Å². The average molecular weight is 399 g/mol.